The Morgan fingerprint density at radius 2 is 1.86 bits per heavy atom. The Hall–Kier alpha value is -1.95. The van der Waals surface area contributed by atoms with Gasteiger partial charge in [-0.1, -0.05) is 6.92 Å². The molecule has 0 fully saturated rings. The van der Waals surface area contributed by atoms with Gasteiger partial charge in [0.2, 0.25) is 5.75 Å². The van der Waals surface area contributed by atoms with Gasteiger partial charge in [0.15, 0.2) is 11.5 Å². The standard InChI is InChI=1S/C15H23NO5/c1-5-8-16-11(9-13(17)18)10-6-7-12(19-2)15(21-4)14(10)20-3/h6-7,11,16H,5,8-9H2,1-4H3,(H,17,18). The lowest BCUT2D eigenvalue weighted by Gasteiger charge is -2.22. The highest BCUT2D eigenvalue weighted by Gasteiger charge is 2.23. The first-order valence-corrected chi connectivity index (χ1v) is 6.83. The van der Waals surface area contributed by atoms with Crippen LogP contribution in [0.4, 0.5) is 0 Å². The summed E-state index contributed by atoms with van der Waals surface area (Å²) in [6.07, 6.45) is 0.873. The molecule has 0 aliphatic rings. The summed E-state index contributed by atoms with van der Waals surface area (Å²) in [5.41, 5.74) is 0.742. The van der Waals surface area contributed by atoms with Gasteiger partial charge in [-0.05, 0) is 25.1 Å². The highest BCUT2D eigenvalue weighted by Crippen LogP contribution is 2.42. The van der Waals surface area contributed by atoms with Crippen molar-refractivity contribution in [2.45, 2.75) is 25.8 Å². The fourth-order valence-electron chi connectivity index (χ4n) is 2.18. The number of methoxy groups -OCH3 is 3. The summed E-state index contributed by atoms with van der Waals surface area (Å²) in [6.45, 7) is 2.74. The quantitative estimate of drug-likeness (QED) is 0.728. The van der Waals surface area contributed by atoms with Gasteiger partial charge >= 0.3 is 5.97 Å². The smallest absolute Gasteiger partial charge is 0.305 e. The third-order valence-corrected chi connectivity index (χ3v) is 3.13. The van der Waals surface area contributed by atoms with Crippen molar-refractivity contribution in [3.05, 3.63) is 17.7 Å². The molecule has 1 unspecified atom stereocenters. The topological polar surface area (TPSA) is 77.0 Å². The maximum absolute atomic E-state index is 11.1. The molecule has 0 heterocycles. The van der Waals surface area contributed by atoms with Gasteiger partial charge in [-0.15, -0.1) is 0 Å². The summed E-state index contributed by atoms with van der Waals surface area (Å²) in [5, 5.41) is 12.3. The number of carbonyl (C=O) groups is 1. The van der Waals surface area contributed by atoms with E-state index in [9.17, 15) is 4.79 Å². The Bertz CT molecular complexity index is 475. The van der Waals surface area contributed by atoms with Crippen LogP contribution in [-0.2, 0) is 4.79 Å². The Labute approximate surface area is 125 Å². The molecule has 6 heteroatoms. The van der Waals surface area contributed by atoms with E-state index in [1.165, 1.54) is 14.2 Å². The van der Waals surface area contributed by atoms with Crippen LogP contribution in [0.25, 0.3) is 0 Å². The Morgan fingerprint density at radius 1 is 1.19 bits per heavy atom. The van der Waals surface area contributed by atoms with Gasteiger partial charge in [0, 0.05) is 11.6 Å². The van der Waals surface area contributed by atoms with Crippen molar-refractivity contribution >= 4 is 5.97 Å². The molecule has 0 saturated carbocycles. The predicted octanol–water partition coefficient (Wildman–Crippen LogP) is 2.23. The highest BCUT2D eigenvalue weighted by molar-refractivity contribution is 5.69. The molecule has 0 amide bonds. The van der Waals surface area contributed by atoms with Crippen molar-refractivity contribution in [1.82, 2.24) is 5.32 Å². The molecule has 118 valence electrons. The summed E-state index contributed by atoms with van der Waals surface area (Å²) in [5.74, 6) is 0.626. The van der Waals surface area contributed by atoms with Crippen LogP contribution in [0.15, 0.2) is 12.1 Å². The van der Waals surface area contributed by atoms with Gasteiger partial charge in [0.25, 0.3) is 0 Å². The second-order valence-corrected chi connectivity index (χ2v) is 4.53. The van der Waals surface area contributed by atoms with Crippen molar-refractivity contribution in [3.8, 4) is 17.2 Å². The van der Waals surface area contributed by atoms with Crippen molar-refractivity contribution in [2.24, 2.45) is 0 Å². The zero-order chi connectivity index (χ0) is 15.8. The lowest BCUT2D eigenvalue weighted by molar-refractivity contribution is -0.137. The van der Waals surface area contributed by atoms with E-state index < -0.39 is 5.97 Å². The molecule has 6 nitrogen and oxygen atoms in total. The molecule has 0 aliphatic carbocycles. The van der Waals surface area contributed by atoms with Crippen LogP contribution >= 0.6 is 0 Å². The Morgan fingerprint density at radius 3 is 2.33 bits per heavy atom. The van der Waals surface area contributed by atoms with Crippen LogP contribution in [0.5, 0.6) is 17.2 Å². The van der Waals surface area contributed by atoms with E-state index >= 15 is 0 Å². The molecule has 1 aromatic carbocycles. The second-order valence-electron chi connectivity index (χ2n) is 4.53. The molecule has 0 saturated heterocycles. The molecule has 0 radical (unpaired) electrons. The summed E-state index contributed by atoms with van der Waals surface area (Å²) < 4.78 is 16.0. The number of carboxylic acids is 1. The number of ether oxygens (including phenoxy) is 3. The number of hydrogen-bond acceptors (Lipinski definition) is 5. The molecular formula is C15H23NO5. The van der Waals surface area contributed by atoms with Crippen LogP contribution in [-0.4, -0.2) is 38.9 Å². The molecule has 2 N–H and O–H groups in total. The third kappa shape index (κ3) is 4.26. The van der Waals surface area contributed by atoms with Gasteiger partial charge in [-0.2, -0.15) is 0 Å². The normalized spacial score (nSPS) is 11.8. The van der Waals surface area contributed by atoms with E-state index in [1.54, 1.807) is 19.2 Å². The van der Waals surface area contributed by atoms with Gasteiger partial charge in [0.1, 0.15) is 0 Å². The summed E-state index contributed by atoms with van der Waals surface area (Å²) in [6, 6.07) is 3.20. The maximum Gasteiger partial charge on any atom is 0.305 e. The number of benzene rings is 1. The molecule has 0 aromatic heterocycles. The monoisotopic (exact) mass is 297 g/mol. The van der Waals surface area contributed by atoms with Crippen LogP contribution in [0.3, 0.4) is 0 Å². The third-order valence-electron chi connectivity index (χ3n) is 3.13. The fraction of sp³-hybridized carbons (Fsp3) is 0.533. The van der Waals surface area contributed by atoms with Gasteiger partial charge < -0.3 is 24.6 Å². The zero-order valence-corrected chi connectivity index (χ0v) is 12.9. The van der Waals surface area contributed by atoms with E-state index in [2.05, 4.69) is 5.32 Å². The number of nitrogens with one attached hydrogen (secondary N) is 1. The first-order valence-electron chi connectivity index (χ1n) is 6.83. The predicted molar refractivity (Wildman–Crippen MR) is 79.4 cm³/mol. The molecule has 21 heavy (non-hydrogen) atoms. The van der Waals surface area contributed by atoms with Crippen LogP contribution < -0.4 is 19.5 Å². The van der Waals surface area contributed by atoms with Gasteiger partial charge in [-0.3, -0.25) is 4.79 Å². The van der Waals surface area contributed by atoms with Crippen molar-refractivity contribution in [3.63, 3.8) is 0 Å². The Balaban J connectivity index is 3.25. The van der Waals surface area contributed by atoms with Crippen LogP contribution in [0, 0.1) is 0 Å². The first kappa shape index (κ1) is 17.1. The average Bonchev–Trinajstić information content (AvgIpc) is 2.49. The maximum atomic E-state index is 11.1. The van der Waals surface area contributed by atoms with Gasteiger partial charge in [0.05, 0.1) is 27.8 Å². The van der Waals surface area contributed by atoms with E-state index in [0.29, 0.717) is 17.2 Å². The molecule has 1 aromatic rings. The average molecular weight is 297 g/mol. The number of carboxylic acid groups (broad SMARTS) is 1. The van der Waals surface area contributed by atoms with Crippen LogP contribution in [0.1, 0.15) is 31.4 Å². The second kappa shape index (κ2) is 8.36. The minimum Gasteiger partial charge on any atom is -0.493 e. The molecule has 0 spiro atoms. The number of hydrogen-bond donors (Lipinski definition) is 2. The minimum atomic E-state index is -0.875. The van der Waals surface area contributed by atoms with E-state index in [4.69, 9.17) is 19.3 Å². The molecular weight excluding hydrogens is 274 g/mol. The Kier molecular flexibility index (Phi) is 6.81. The highest BCUT2D eigenvalue weighted by atomic mass is 16.5. The first-order chi connectivity index (χ1) is 10.1. The van der Waals surface area contributed by atoms with Crippen molar-refractivity contribution in [1.29, 1.82) is 0 Å². The molecule has 0 bridgehead atoms. The summed E-state index contributed by atoms with van der Waals surface area (Å²) >= 11 is 0. The van der Waals surface area contributed by atoms with Crippen molar-refractivity contribution < 1.29 is 24.1 Å². The number of rotatable bonds is 9. The molecule has 0 aliphatic heterocycles. The minimum absolute atomic E-state index is 0.0359. The summed E-state index contributed by atoms with van der Waals surface area (Å²) in [7, 11) is 4.59. The van der Waals surface area contributed by atoms with E-state index in [0.717, 1.165) is 18.5 Å². The van der Waals surface area contributed by atoms with E-state index in [-0.39, 0.29) is 12.5 Å². The van der Waals surface area contributed by atoms with E-state index in [1.807, 2.05) is 6.92 Å². The lowest BCUT2D eigenvalue weighted by Crippen LogP contribution is -2.25. The van der Waals surface area contributed by atoms with Crippen molar-refractivity contribution in [2.75, 3.05) is 27.9 Å². The fourth-order valence-corrected chi connectivity index (χ4v) is 2.18. The largest absolute Gasteiger partial charge is 0.493 e. The molecule has 1 rings (SSSR count). The molecule has 1 atom stereocenters. The SMILES string of the molecule is CCCNC(CC(=O)O)c1ccc(OC)c(OC)c1OC. The zero-order valence-electron chi connectivity index (χ0n) is 12.9. The number of aliphatic carboxylic acids is 1. The van der Waals surface area contributed by atoms with Crippen LogP contribution in [0.2, 0.25) is 0 Å². The lowest BCUT2D eigenvalue weighted by atomic mass is 10.0. The summed E-state index contributed by atoms with van der Waals surface area (Å²) in [4.78, 5) is 11.1. The van der Waals surface area contributed by atoms with Gasteiger partial charge in [-0.25, -0.2) is 0 Å².